The van der Waals surface area contributed by atoms with Gasteiger partial charge >= 0.3 is 33.6 Å². The first kappa shape index (κ1) is 23.9. The minimum atomic E-state index is -2.30. The van der Waals surface area contributed by atoms with Gasteiger partial charge in [0, 0.05) is 16.7 Å². The van der Waals surface area contributed by atoms with Crippen LogP contribution in [0.2, 0.25) is 6.04 Å². The molecule has 0 saturated heterocycles. The third kappa shape index (κ3) is 8.18. The number of rotatable bonds is 11. The van der Waals surface area contributed by atoms with Gasteiger partial charge in [0.1, 0.15) is 5.75 Å². The van der Waals surface area contributed by atoms with Crippen molar-refractivity contribution in [2.24, 2.45) is 0 Å². The highest BCUT2D eigenvalue weighted by Crippen LogP contribution is 2.27. The van der Waals surface area contributed by atoms with Gasteiger partial charge in [0.15, 0.2) is 0 Å². The van der Waals surface area contributed by atoms with Gasteiger partial charge in [0.2, 0.25) is 0 Å². The molecule has 154 valence electrons. The minimum absolute atomic E-state index is 0.0371. The van der Waals surface area contributed by atoms with E-state index in [0.717, 1.165) is 0 Å². The molecule has 0 atom stereocenters. The maximum absolute atomic E-state index is 12.1. The van der Waals surface area contributed by atoms with E-state index in [1.54, 1.807) is 12.1 Å². The molecule has 0 aliphatic heterocycles. The lowest BCUT2D eigenvalue weighted by Gasteiger charge is -2.31. The van der Waals surface area contributed by atoms with Crippen molar-refractivity contribution in [2.45, 2.75) is 39.2 Å². The Kier molecular flexibility index (Phi) is 9.08. The van der Waals surface area contributed by atoms with Crippen LogP contribution in [0.5, 0.6) is 5.75 Å². The Labute approximate surface area is 172 Å². The van der Waals surface area contributed by atoms with Gasteiger partial charge in [-0.15, -0.1) is 0 Å². The van der Waals surface area contributed by atoms with Gasteiger partial charge in [-0.2, -0.15) is 0 Å². The molecule has 29 heavy (non-hydrogen) atoms. The molecule has 0 aromatic heterocycles. The van der Waals surface area contributed by atoms with Gasteiger partial charge < -0.3 is 18.6 Å². The highest BCUT2D eigenvalue weighted by molar-refractivity contribution is 6.28. The standard InChI is InChI=1S/C21H24O7Si/c1-14(2)18(22)25-21(26-19(23)15(3)4,27-20(24)16(5)6)12-13-29-28-17-10-8-7-9-11-17/h7-11H,1,3,5,12-13H2,2,4,6H3. The van der Waals surface area contributed by atoms with E-state index >= 15 is 0 Å². The molecule has 0 fully saturated rings. The molecule has 2 radical (unpaired) electrons. The predicted octanol–water partition coefficient (Wildman–Crippen LogP) is 3.50. The topological polar surface area (TPSA) is 88.1 Å². The van der Waals surface area contributed by atoms with Crippen LogP contribution < -0.4 is 4.43 Å². The van der Waals surface area contributed by atoms with E-state index < -0.39 is 23.9 Å². The number of esters is 3. The van der Waals surface area contributed by atoms with Gasteiger partial charge in [0.05, 0.1) is 6.42 Å². The fourth-order valence-electron chi connectivity index (χ4n) is 1.73. The van der Waals surface area contributed by atoms with Crippen LogP contribution >= 0.6 is 0 Å². The van der Waals surface area contributed by atoms with Gasteiger partial charge in [-0.25, -0.2) is 14.4 Å². The smallest absolute Gasteiger partial charge is 0.423 e. The molecule has 1 aromatic rings. The van der Waals surface area contributed by atoms with Crippen LogP contribution in [0, 0.1) is 0 Å². The van der Waals surface area contributed by atoms with Gasteiger partial charge in [-0.05, 0) is 38.9 Å². The fourth-order valence-corrected chi connectivity index (χ4v) is 2.54. The molecule has 0 aliphatic rings. The van der Waals surface area contributed by atoms with E-state index in [-0.39, 0.29) is 38.9 Å². The quantitative estimate of drug-likeness (QED) is 0.179. The van der Waals surface area contributed by atoms with E-state index in [1.807, 2.05) is 18.2 Å². The van der Waals surface area contributed by atoms with Crippen LogP contribution in [0.15, 0.2) is 66.8 Å². The number of carbonyl (C=O) groups is 3. The van der Waals surface area contributed by atoms with Crippen molar-refractivity contribution >= 4 is 27.7 Å². The Bertz CT molecular complexity index is 729. The lowest BCUT2D eigenvalue weighted by Crippen LogP contribution is -2.45. The Hall–Kier alpha value is -3.13. The second-order valence-corrected chi connectivity index (χ2v) is 7.24. The zero-order chi connectivity index (χ0) is 22.0. The van der Waals surface area contributed by atoms with Crippen LogP contribution in [0.1, 0.15) is 27.2 Å². The van der Waals surface area contributed by atoms with Gasteiger partial charge in [0.25, 0.3) is 0 Å². The van der Waals surface area contributed by atoms with Crippen molar-refractivity contribution in [2.75, 3.05) is 0 Å². The molecule has 0 aliphatic carbocycles. The Morgan fingerprint density at radius 3 is 1.62 bits per heavy atom. The highest BCUT2D eigenvalue weighted by atomic mass is 28.2. The number of carbonyl (C=O) groups excluding carboxylic acids is 3. The van der Waals surface area contributed by atoms with Crippen molar-refractivity contribution in [1.29, 1.82) is 0 Å². The van der Waals surface area contributed by atoms with E-state index in [1.165, 1.54) is 20.8 Å². The zero-order valence-electron chi connectivity index (χ0n) is 16.8. The van der Waals surface area contributed by atoms with Crippen molar-refractivity contribution in [3.63, 3.8) is 0 Å². The summed E-state index contributed by atoms with van der Waals surface area (Å²) < 4.78 is 21.3. The van der Waals surface area contributed by atoms with Crippen LogP contribution in [-0.4, -0.2) is 33.6 Å². The summed E-state index contributed by atoms with van der Waals surface area (Å²) in [7, 11) is -0.0846. The number of hydrogen-bond donors (Lipinski definition) is 0. The third-order valence-corrected chi connectivity index (χ3v) is 4.09. The highest BCUT2D eigenvalue weighted by Gasteiger charge is 2.44. The van der Waals surface area contributed by atoms with E-state index in [4.69, 9.17) is 18.6 Å². The van der Waals surface area contributed by atoms with E-state index in [2.05, 4.69) is 19.7 Å². The largest absolute Gasteiger partial charge is 0.541 e. The molecule has 7 nitrogen and oxygen atoms in total. The average Bonchev–Trinajstić information content (AvgIpc) is 2.65. The zero-order valence-corrected chi connectivity index (χ0v) is 17.8. The lowest BCUT2D eigenvalue weighted by atomic mass is 10.3. The third-order valence-electron chi connectivity index (χ3n) is 3.26. The molecule has 8 heteroatoms. The summed E-state index contributed by atoms with van der Waals surface area (Å²) in [5, 5.41) is 0. The van der Waals surface area contributed by atoms with Crippen molar-refractivity contribution in [3.05, 3.63) is 66.8 Å². The molecular weight excluding hydrogens is 392 g/mol. The molecule has 0 unspecified atom stereocenters. The van der Waals surface area contributed by atoms with E-state index in [0.29, 0.717) is 5.75 Å². The summed E-state index contributed by atoms with van der Waals surface area (Å²) in [4.78, 5) is 36.4. The summed E-state index contributed by atoms with van der Waals surface area (Å²) in [6.07, 6.45) is -0.157. The Balaban J connectivity index is 3.04. The molecule has 0 bridgehead atoms. The summed E-state index contributed by atoms with van der Waals surface area (Å²) in [6.45, 7) is 14.7. The number of ether oxygens (including phenoxy) is 3. The predicted molar refractivity (Wildman–Crippen MR) is 108 cm³/mol. The summed E-state index contributed by atoms with van der Waals surface area (Å²) in [5.41, 5.74) is 0.111. The summed E-state index contributed by atoms with van der Waals surface area (Å²) in [6, 6.07) is 9.31. The lowest BCUT2D eigenvalue weighted by molar-refractivity contribution is -0.326. The fraction of sp³-hybridized carbons (Fsp3) is 0.286. The van der Waals surface area contributed by atoms with E-state index in [9.17, 15) is 14.4 Å². The molecule has 0 N–H and O–H groups in total. The maximum Gasteiger partial charge on any atom is 0.423 e. The molecule has 0 heterocycles. The van der Waals surface area contributed by atoms with Crippen molar-refractivity contribution in [3.8, 4) is 5.75 Å². The second kappa shape index (κ2) is 11.0. The molecule has 0 spiro atoms. The van der Waals surface area contributed by atoms with Gasteiger partial charge in [-0.1, -0.05) is 37.9 Å². The summed E-state index contributed by atoms with van der Waals surface area (Å²) in [5.74, 6) is -4.31. The van der Waals surface area contributed by atoms with Crippen LogP contribution in [-0.2, 0) is 28.6 Å². The van der Waals surface area contributed by atoms with Crippen LogP contribution in [0.3, 0.4) is 0 Å². The first-order valence-corrected chi connectivity index (χ1v) is 9.79. The first-order valence-electron chi connectivity index (χ1n) is 8.67. The first-order chi connectivity index (χ1) is 13.6. The van der Waals surface area contributed by atoms with Crippen molar-refractivity contribution < 1.29 is 33.0 Å². The number of hydrogen-bond acceptors (Lipinski definition) is 7. The van der Waals surface area contributed by atoms with Crippen LogP contribution in [0.25, 0.3) is 0 Å². The molecule has 0 amide bonds. The average molecular weight is 417 g/mol. The molecular formula is C21H24O7Si. The van der Waals surface area contributed by atoms with Crippen LogP contribution in [0.4, 0.5) is 0 Å². The minimum Gasteiger partial charge on any atom is -0.541 e. The second-order valence-electron chi connectivity index (χ2n) is 6.25. The number of para-hydroxylation sites is 1. The molecule has 1 aromatic carbocycles. The summed E-state index contributed by atoms with van der Waals surface area (Å²) >= 11 is 0. The number of benzene rings is 1. The normalized spacial score (nSPS) is 10.4. The molecule has 0 saturated carbocycles. The van der Waals surface area contributed by atoms with Crippen molar-refractivity contribution in [1.82, 2.24) is 0 Å². The van der Waals surface area contributed by atoms with Gasteiger partial charge in [-0.3, -0.25) is 0 Å². The maximum atomic E-state index is 12.1. The Morgan fingerprint density at radius 2 is 1.24 bits per heavy atom. The SMILES string of the molecule is C=C(C)C(=O)OC(CC[Si]Oc1ccccc1)(OC(=O)C(=C)C)OC(=O)C(=C)C. The Morgan fingerprint density at radius 1 is 0.828 bits per heavy atom. The molecule has 1 rings (SSSR count). The monoisotopic (exact) mass is 416 g/mol.